The van der Waals surface area contributed by atoms with Gasteiger partial charge in [0.2, 0.25) is 5.91 Å². The molecule has 0 spiro atoms. The predicted molar refractivity (Wildman–Crippen MR) is 98.8 cm³/mol. The number of hydrogen-bond acceptors (Lipinski definition) is 2. The summed E-state index contributed by atoms with van der Waals surface area (Å²) in [6.45, 7) is 6.22. The Bertz CT molecular complexity index is 896. The summed E-state index contributed by atoms with van der Waals surface area (Å²) in [5, 5.41) is 4.53. The number of carbonyl (C=O) groups excluding carboxylic acids is 1. The molecule has 1 N–H and O–H groups in total. The number of amides is 1. The van der Waals surface area contributed by atoms with Crippen LogP contribution in [0.3, 0.4) is 0 Å². The van der Waals surface area contributed by atoms with E-state index < -0.39 is 0 Å². The maximum Gasteiger partial charge on any atom is 0.228 e. The molecule has 0 atom stereocenters. The summed E-state index contributed by atoms with van der Waals surface area (Å²) in [4.78, 5) is 12.3. The summed E-state index contributed by atoms with van der Waals surface area (Å²) < 4.78 is 5.57. The molecule has 3 aromatic rings. The quantitative estimate of drug-likeness (QED) is 0.661. The molecule has 1 amide bonds. The lowest BCUT2D eigenvalue weighted by Crippen LogP contribution is -2.14. The van der Waals surface area contributed by atoms with Crippen molar-refractivity contribution in [3.05, 3.63) is 64.4 Å². The molecule has 1 heterocycles. The van der Waals surface area contributed by atoms with Crippen molar-refractivity contribution < 1.29 is 9.21 Å². The van der Waals surface area contributed by atoms with E-state index >= 15 is 0 Å². The van der Waals surface area contributed by atoms with Crippen LogP contribution < -0.4 is 5.32 Å². The average molecular weight is 342 g/mol. The maximum atomic E-state index is 12.3. The molecule has 124 valence electrons. The van der Waals surface area contributed by atoms with Crippen molar-refractivity contribution in [3.8, 4) is 0 Å². The third-order valence-electron chi connectivity index (χ3n) is 4.15. The van der Waals surface area contributed by atoms with E-state index in [2.05, 4.69) is 31.3 Å². The molecule has 3 nitrogen and oxygen atoms in total. The molecule has 0 radical (unpaired) electrons. The van der Waals surface area contributed by atoms with Crippen LogP contribution in [0.1, 0.15) is 36.5 Å². The number of anilines is 1. The van der Waals surface area contributed by atoms with Gasteiger partial charge in [0.15, 0.2) is 0 Å². The van der Waals surface area contributed by atoms with Crippen molar-refractivity contribution in [1.29, 1.82) is 0 Å². The van der Waals surface area contributed by atoms with E-state index in [0.29, 0.717) is 16.6 Å². The second-order valence-corrected chi connectivity index (χ2v) is 6.77. The number of furan rings is 1. The second kappa shape index (κ2) is 6.70. The van der Waals surface area contributed by atoms with Gasteiger partial charge in [-0.25, -0.2) is 0 Å². The number of fused-ring (bicyclic) bond motifs is 1. The first kappa shape index (κ1) is 16.6. The van der Waals surface area contributed by atoms with Gasteiger partial charge >= 0.3 is 0 Å². The molecule has 0 bridgehead atoms. The monoisotopic (exact) mass is 341 g/mol. The van der Waals surface area contributed by atoms with E-state index in [-0.39, 0.29) is 12.3 Å². The molecule has 1 aromatic heterocycles. The lowest BCUT2D eigenvalue weighted by atomic mass is 10.00. The Morgan fingerprint density at radius 1 is 1.21 bits per heavy atom. The molecule has 0 aliphatic rings. The highest BCUT2D eigenvalue weighted by Crippen LogP contribution is 2.26. The summed E-state index contributed by atoms with van der Waals surface area (Å²) in [5.74, 6) is 0.341. The highest BCUT2D eigenvalue weighted by molar-refractivity contribution is 6.31. The van der Waals surface area contributed by atoms with Gasteiger partial charge in [-0.2, -0.15) is 0 Å². The van der Waals surface area contributed by atoms with Crippen molar-refractivity contribution in [2.45, 2.75) is 33.1 Å². The zero-order valence-electron chi connectivity index (χ0n) is 14.0. The van der Waals surface area contributed by atoms with Crippen LogP contribution in [0.25, 0.3) is 11.0 Å². The largest absolute Gasteiger partial charge is 0.464 e. The SMILES string of the molecule is Cc1ccc(NC(=O)Cc2coc3ccc(C(C)C)cc23)cc1Cl. The Morgan fingerprint density at radius 2 is 2.00 bits per heavy atom. The number of rotatable bonds is 4. The lowest BCUT2D eigenvalue weighted by Gasteiger charge is -2.07. The highest BCUT2D eigenvalue weighted by atomic mass is 35.5. The van der Waals surface area contributed by atoms with Crippen LogP contribution in [0.2, 0.25) is 5.02 Å². The molecule has 0 saturated heterocycles. The molecule has 24 heavy (non-hydrogen) atoms. The van der Waals surface area contributed by atoms with Gasteiger partial charge in [-0.15, -0.1) is 0 Å². The van der Waals surface area contributed by atoms with Crippen molar-refractivity contribution in [1.82, 2.24) is 0 Å². The fraction of sp³-hybridized carbons (Fsp3) is 0.250. The maximum absolute atomic E-state index is 12.3. The molecule has 4 heteroatoms. The first-order chi connectivity index (χ1) is 11.4. The minimum atomic E-state index is -0.0902. The van der Waals surface area contributed by atoms with E-state index in [9.17, 15) is 4.79 Å². The van der Waals surface area contributed by atoms with Crippen LogP contribution in [0, 0.1) is 6.92 Å². The minimum Gasteiger partial charge on any atom is -0.464 e. The normalized spacial score (nSPS) is 11.2. The number of hydrogen-bond donors (Lipinski definition) is 1. The Kier molecular flexibility index (Phi) is 4.63. The Labute approximate surface area is 146 Å². The Balaban J connectivity index is 1.79. The van der Waals surface area contributed by atoms with Gasteiger partial charge in [-0.05, 0) is 48.2 Å². The number of halogens is 1. The molecule has 0 unspecified atom stereocenters. The second-order valence-electron chi connectivity index (χ2n) is 6.36. The fourth-order valence-electron chi connectivity index (χ4n) is 2.64. The average Bonchev–Trinajstić information content (AvgIpc) is 2.93. The highest BCUT2D eigenvalue weighted by Gasteiger charge is 2.12. The van der Waals surface area contributed by atoms with Gasteiger partial charge in [-0.1, -0.05) is 37.6 Å². The van der Waals surface area contributed by atoms with Gasteiger partial charge in [0.25, 0.3) is 0 Å². The fourth-order valence-corrected chi connectivity index (χ4v) is 2.82. The number of aryl methyl sites for hydroxylation is 1. The zero-order valence-corrected chi connectivity index (χ0v) is 14.8. The predicted octanol–water partition coefficient (Wildman–Crippen LogP) is 5.70. The molecule has 2 aromatic carbocycles. The van der Waals surface area contributed by atoms with Gasteiger partial charge in [0.1, 0.15) is 5.58 Å². The molecule has 0 aliphatic heterocycles. The van der Waals surface area contributed by atoms with Crippen molar-refractivity contribution in [2.75, 3.05) is 5.32 Å². The Hall–Kier alpha value is -2.26. The summed E-state index contributed by atoms with van der Waals surface area (Å²) >= 11 is 6.10. The Morgan fingerprint density at radius 3 is 2.71 bits per heavy atom. The van der Waals surface area contributed by atoms with Crippen LogP contribution >= 0.6 is 11.6 Å². The minimum absolute atomic E-state index is 0.0902. The van der Waals surface area contributed by atoms with Gasteiger partial charge in [-0.3, -0.25) is 4.79 Å². The standard InChI is InChI=1S/C20H20ClNO2/c1-12(2)14-5-7-19-17(8-14)15(11-24-19)9-20(23)22-16-6-4-13(3)18(21)10-16/h4-8,10-12H,9H2,1-3H3,(H,22,23). The van der Waals surface area contributed by atoms with Crippen LogP contribution in [0.15, 0.2) is 47.1 Å². The van der Waals surface area contributed by atoms with Gasteiger partial charge < -0.3 is 9.73 Å². The third-order valence-corrected chi connectivity index (χ3v) is 4.56. The van der Waals surface area contributed by atoms with Crippen LogP contribution in [0.4, 0.5) is 5.69 Å². The summed E-state index contributed by atoms with van der Waals surface area (Å²) in [6, 6.07) is 11.6. The summed E-state index contributed by atoms with van der Waals surface area (Å²) in [5.41, 5.74) is 4.61. The summed E-state index contributed by atoms with van der Waals surface area (Å²) in [6.07, 6.45) is 1.93. The number of nitrogens with one attached hydrogen (secondary N) is 1. The molecule has 3 rings (SSSR count). The smallest absolute Gasteiger partial charge is 0.228 e. The first-order valence-corrected chi connectivity index (χ1v) is 8.38. The van der Waals surface area contributed by atoms with E-state index in [0.717, 1.165) is 22.1 Å². The molecular weight excluding hydrogens is 322 g/mol. The molecular formula is C20H20ClNO2. The van der Waals surface area contributed by atoms with Crippen LogP contribution in [0.5, 0.6) is 0 Å². The van der Waals surface area contributed by atoms with E-state index in [1.54, 1.807) is 12.3 Å². The molecule has 0 aliphatic carbocycles. The zero-order chi connectivity index (χ0) is 17.3. The van der Waals surface area contributed by atoms with E-state index in [4.69, 9.17) is 16.0 Å². The van der Waals surface area contributed by atoms with Crippen molar-refractivity contribution in [2.24, 2.45) is 0 Å². The number of carbonyl (C=O) groups is 1. The van der Waals surface area contributed by atoms with E-state index in [1.165, 1.54) is 5.56 Å². The van der Waals surface area contributed by atoms with E-state index in [1.807, 2.05) is 25.1 Å². The summed E-state index contributed by atoms with van der Waals surface area (Å²) in [7, 11) is 0. The van der Waals surface area contributed by atoms with Crippen molar-refractivity contribution in [3.63, 3.8) is 0 Å². The van der Waals surface area contributed by atoms with Crippen LogP contribution in [-0.4, -0.2) is 5.91 Å². The number of benzene rings is 2. The lowest BCUT2D eigenvalue weighted by molar-refractivity contribution is -0.115. The topological polar surface area (TPSA) is 42.2 Å². The van der Waals surface area contributed by atoms with Crippen molar-refractivity contribution >= 4 is 34.2 Å². The van der Waals surface area contributed by atoms with Gasteiger partial charge in [0, 0.05) is 21.7 Å². The van der Waals surface area contributed by atoms with Gasteiger partial charge in [0.05, 0.1) is 12.7 Å². The molecule has 0 saturated carbocycles. The third kappa shape index (κ3) is 3.46. The first-order valence-electron chi connectivity index (χ1n) is 8.00. The molecule has 0 fully saturated rings. The van der Waals surface area contributed by atoms with Crippen LogP contribution in [-0.2, 0) is 11.2 Å².